The molecule has 0 bridgehead atoms. The van der Waals surface area contributed by atoms with Gasteiger partial charge in [-0.2, -0.15) is 0 Å². The van der Waals surface area contributed by atoms with Crippen LogP contribution in [-0.4, -0.2) is 44.5 Å². The third kappa shape index (κ3) is 3.46. The average molecular weight is 400 g/mol. The number of fused-ring (bicyclic) bond motifs is 3. The molecule has 4 fully saturated rings. The summed E-state index contributed by atoms with van der Waals surface area (Å²) in [6.45, 7) is 4.91. The largest absolute Gasteiger partial charge is 0.497 e. The van der Waals surface area contributed by atoms with Crippen molar-refractivity contribution in [2.24, 2.45) is 23.2 Å². The lowest BCUT2D eigenvalue weighted by atomic mass is 9.53. The number of carbonyl (C=O) groups is 1. The summed E-state index contributed by atoms with van der Waals surface area (Å²) in [7, 11) is 1.68. The van der Waals surface area contributed by atoms with E-state index >= 15 is 0 Å². The maximum atomic E-state index is 12.7. The lowest BCUT2D eigenvalue weighted by Crippen LogP contribution is -2.51. The Morgan fingerprint density at radius 1 is 1.24 bits per heavy atom. The highest BCUT2D eigenvalue weighted by Gasteiger charge is 2.64. The molecule has 29 heavy (non-hydrogen) atoms. The predicted octanol–water partition coefficient (Wildman–Crippen LogP) is 3.35. The highest BCUT2D eigenvalue weighted by molar-refractivity contribution is 5.75. The van der Waals surface area contributed by atoms with Crippen LogP contribution in [0.25, 0.3) is 0 Å². The van der Waals surface area contributed by atoms with Crippen LogP contribution in [0.15, 0.2) is 24.3 Å². The number of methoxy groups -OCH3 is 1. The van der Waals surface area contributed by atoms with Crippen LogP contribution in [0, 0.1) is 23.2 Å². The van der Waals surface area contributed by atoms with E-state index in [4.69, 9.17) is 14.2 Å². The van der Waals surface area contributed by atoms with Crippen LogP contribution < -0.4 is 10.1 Å². The molecule has 2 aliphatic heterocycles. The molecule has 1 aromatic rings. The number of hydrogen-bond acceptors (Lipinski definition) is 5. The molecule has 2 heterocycles. The number of ether oxygens (including phenoxy) is 3. The monoisotopic (exact) mass is 399 g/mol. The van der Waals surface area contributed by atoms with E-state index < -0.39 is 0 Å². The van der Waals surface area contributed by atoms with Crippen molar-refractivity contribution < 1.29 is 19.0 Å². The van der Waals surface area contributed by atoms with Gasteiger partial charge in [0, 0.05) is 12.5 Å². The maximum absolute atomic E-state index is 12.7. The molecule has 0 aromatic heterocycles. The average Bonchev–Trinajstić information content (AvgIpc) is 3.41. The maximum Gasteiger partial charge on any atom is 0.310 e. The summed E-state index contributed by atoms with van der Waals surface area (Å²) in [6.07, 6.45) is 6.83. The van der Waals surface area contributed by atoms with Crippen LogP contribution in [0.1, 0.15) is 44.6 Å². The van der Waals surface area contributed by atoms with Gasteiger partial charge in [-0.05, 0) is 74.1 Å². The van der Waals surface area contributed by atoms with Gasteiger partial charge < -0.3 is 19.5 Å². The lowest BCUT2D eigenvalue weighted by Gasteiger charge is -2.51. The van der Waals surface area contributed by atoms with Crippen molar-refractivity contribution in [2.45, 2.75) is 57.2 Å². The second kappa shape index (κ2) is 7.28. The summed E-state index contributed by atoms with van der Waals surface area (Å²) in [5, 5.41) is 3.52. The molecular formula is C24H33NO4. The lowest BCUT2D eigenvalue weighted by molar-refractivity contribution is -0.147. The van der Waals surface area contributed by atoms with Crippen molar-refractivity contribution in [3.05, 3.63) is 29.8 Å². The Labute approximate surface area is 173 Å². The van der Waals surface area contributed by atoms with Crippen LogP contribution in [0.4, 0.5) is 0 Å². The van der Waals surface area contributed by atoms with Gasteiger partial charge in [-0.15, -0.1) is 0 Å². The van der Waals surface area contributed by atoms with E-state index in [2.05, 4.69) is 24.4 Å². The van der Waals surface area contributed by atoms with Gasteiger partial charge in [-0.1, -0.05) is 19.1 Å². The molecule has 5 nitrogen and oxygen atoms in total. The molecule has 0 amide bonds. The Balaban J connectivity index is 1.18. The Bertz CT molecular complexity index is 759. The molecule has 2 saturated heterocycles. The molecule has 4 aliphatic rings. The zero-order valence-electron chi connectivity index (χ0n) is 17.6. The molecule has 6 atom stereocenters. The van der Waals surface area contributed by atoms with Gasteiger partial charge in [-0.25, -0.2) is 0 Å². The fourth-order valence-corrected chi connectivity index (χ4v) is 6.47. The van der Waals surface area contributed by atoms with Gasteiger partial charge in [0.25, 0.3) is 0 Å². The molecule has 2 aliphatic carbocycles. The van der Waals surface area contributed by atoms with Gasteiger partial charge in [-0.3, -0.25) is 4.79 Å². The number of nitrogens with one attached hydrogen (secondary N) is 1. The molecular weight excluding hydrogens is 366 g/mol. The summed E-state index contributed by atoms with van der Waals surface area (Å²) >= 11 is 0. The summed E-state index contributed by atoms with van der Waals surface area (Å²) in [4.78, 5) is 12.7. The first kappa shape index (κ1) is 19.4. The van der Waals surface area contributed by atoms with Gasteiger partial charge in [0.1, 0.15) is 11.9 Å². The van der Waals surface area contributed by atoms with Crippen LogP contribution in [0.2, 0.25) is 0 Å². The first-order chi connectivity index (χ1) is 14.0. The Morgan fingerprint density at radius 2 is 2.03 bits per heavy atom. The summed E-state index contributed by atoms with van der Waals surface area (Å²) < 4.78 is 17.1. The zero-order chi connectivity index (χ0) is 20.1. The van der Waals surface area contributed by atoms with E-state index in [-0.39, 0.29) is 29.0 Å². The van der Waals surface area contributed by atoms with Crippen molar-refractivity contribution in [3.63, 3.8) is 0 Å². The standard InChI is InChI=1S/C24H33NO4/c1-23-9-3-10-24(15-28-24)21(23)12-18-19(22(26)29-20(18)13-23)14-25-11-8-16-4-6-17(27-2)7-5-16/h4-7,18-21,25H,3,8-15H2,1-2H3/t18-,19-,20-,21-,23-,24+/m1/s1. The summed E-state index contributed by atoms with van der Waals surface area (Å²) in [6, 6.07) is 8.18. The van der Waals surface area contributed by atoms with E-state index in [1.807, 2.05) is 12.1 Å². The quantitative estimate of drug-likeness (QED) is 0.452. The fourth-order valence-electron chi connectivity index (χ4n) is 6.47. The number of epoxide rings is 1. The number of benzene rings is 1. The van der Waals surface area contributed by atoms with Crippen molar-refractivity contribution >= 4 is 5.97 Å². The van der Waals surface area contributed by atoms with Gasteiger partial charge in [0.15, 0.2) is 0 Å². The Hall–Kier alpha value is -1.59. The SMILES string of the molecule is COc1ccc(CCNC[C@H]2C(=O)O[C@@H]3C[C@@]4(C)CCC[C@]5(CO5)[C@@H]4C[C@@H]32)cc1. The third-order valence-electron chi connectivity index (χ3n) is 8.19. The van der Waals surface area contributed by atoms with Crippen molar-refractivity contribution in [2.75, 3.05) is 26.8 Å². The summed E-state index contributed by atoms with van der Waals surface area (Å²) in [5.41, 5.74) is 1.66. The first-order valence-electron chi connectivity index (χ1n) is 11.2. The Morgan fingerprint density at radius 3 is 2.76 bits per heavy atom. The van der Waals surface area contributed by atoms with Crippen molar-refractivity contribution in [3.8, 4) is 5.75 Å². The number of hydrogen-bond donors (Lipinski definition) is 1. The minimum absolute atomic E-state index is 0.00459. The highest BCUT2D eigenvalue weighted by atomic mass is 16.6. The van der Waals surface area contributed by atoms with Crippen LogP contribution in [-0.2, 0) is 20.7 Å². The van der Waals surface area contributed by atoms with Crippen LogP contribution in [0.3, 0.4) is 0 Å². The van der Waals surface area contributed by atoms with Crippen LogP contribution in [0.5, 0.6) is 5.75 Å². The zero-order valence-corrected chi connectivity index (χ0v) is 17.6. The molecule has 1 N–H and O–H groups in total. The normalized spacial score (nSPS) is 40.3. The smallest absolute Gasteiger partial charge is 0.310 e. The molecule has 1 aromatic carbocycles. The van der Waals surface area contributed by atoms with E-state index in [0.717, 1.165) is 38.2 Å². The van der Waals surface area contributed by atoms with E-state index in [1.165, 1.54) is 24.8 Å². The predicted molar refractivity (Wildman–Crippen MR) is 110 cm³/mol. The number of esters is 1. The molecule has 1 spiro atoms. The Kier molecular flexibility index (Phi) is 4.86. The van der Waals surface area contributed by atoms with E-state index in [1.54, 1.807) is 7.11 Å². The van der Waals surface area contributed by atoms with Crippen LogP contribution >= 0.6 is 0 Å². The molecule has 2 saturated carbocycles. The highest BCUT2D eigenvalue weighted by Crippen LogP contribution is 2.62. The van der Waals surface area contributed by atoms with E-state index in [0.29, 0.717) is 18.4 Å². The molecule has 158 valence electrons. The second-order valence-corrected chi connectivity index (χ2v) is 9.90. The van der Waals surface area contributed by atoms with Gasteiger partial charge in [0.05, 0.1) is 25.2 Å². The second-order valence-electron chi connectivity index (χ2n) is 9.90. The molecule has 0 unspecified atom stereocenters. The third-order valence-corrected chi connectivity index (χ3v) is 8.19. The van der Waals surface area contributed by atoms with Gasteiger partial charge in [0.2, 0.25) is 0 Å². The topological polar surface area (TPSA) is 60.1 Å². The molecule has 5 rings (SSSR count). The van der Waals surface area contributed by atoms with Crippen molar-refractivity contribution in [1.82, 2.24) is 5.32 Å². The fraction of sp³-hybridized carbons (Fsp3) is 0.708. The number of rotatable bonds is 6. The number of carbonyl (C=O) groups excluding carboxylic acids is 1. The minimum Gasteiger partial charge on any atom is -0.497 e. The van der Waals surface area contributed by atoms with E-state index in [9.17, 15) is 4.79 Å². The summed E-state index contributed by atoms with van der Waals surface area (Å²) in [5.74, 6) is 1.79. The minimum atomic E-state index is -0.0156. The molecule has 5 heteroatoms. The molecule has 0 radical (unpaired) electrons. The first-order valence-corrected chi connectivity index (χ1v) is 11.2. The van der Waals surface area contributed by atoms with Gasteiger partial charge >= 0.3 is 5.97 Å². The van der Waals surface area contributed by atoms with Crippen molar-refractivity contribution in [1.29, 1.82) is 0 Å².